The molecule has 2 heterocycles. The van der Waals surface area contributed by atoms with Crippen LogP contribution in [0.15, 0.2) is 121 Å². The first-order valence-electron chi connectivity index (χ1n) is 17.8. The van der Waals surface area contributed by atoms with E-state index in [4.69, 9.17) is 0 Å². The zero-order valence-electron chi connectivity index (χ0n) is 26.9. The molecule has 4 nitrogen and oxygen atoms in total. The molecule has 4 aromatic rings. The Balaban J connectivity index is 1.16. The molecule has 46 heavy (non-hydrogen) atoms. The zero-order valence-corrected chi connectivity index (χ0v) is 26.9. The molecule has 6 atom stereocenters. The molecule has 4 aliphatic rings. The first-order valence-corrected chi connectivity index (χ1v) is 17.8. The van der Waals surface area contributed by atoms with Crippen LogP contribution in [-0.4, -0.2) is 57.3 Å². The average molecular weight is 613 g/mol. The fourth-order valence-electron chi connectivity index (χ4n) is 10.3. The van der Waals surface area contributed by atoms with Crippen LogP contribution in [0.1, 0.15) is 73.6 Å². The van der Waals surface area contributed by atoms with Gasteiger partial charge in [-0.25, -0.2) is 0 Å². The van der Waals surface area contributed by atoms with Crippen LogP contribution in [0.25, 0.3) is 0 Å². The van der Waals surface area contributed by atoms with E-state index in [2.05, 4.69) is 107 Å². The largest absolute Gasteiger partial charge is 0.379 e. The second-order valence-corrected chi connectivity index (χ2v) is 14.5. The summed E-state index contributed by atoms with van der Waals surface area (Å²) in [6, 6.07) is 42.5. The van der Waals surface area contributed by atoms with Gasteiger partial charge < -0.3 is 10.2 Å². The molecule has 2 N–H and O–H groups in total. The van der Waals surface area contributed by atoms with Gasteiger partial charge >= 0.3 is 0 Å². The maximum atomic E-state index is 13.0. The van der Waals surface area contributed by atoms with Crippen LogP contribution in [0.4, 0.5) is 0 Å². The van der Waals surface area contributed by atoms with Crippen molar-refractivity contribution in [2.24, 2.45) is 11.8 Å². The third-order valence-electron chi connectivity index (χ3n) is 12.4. The third-order valence-corrected chi connectivity index (χ3v) is 12.4. The molecule has 2 aliphatic heterocycles. The number of rotatable bonds is 9. The molecule has 0 bridgehead atoms. The van der Waals surface area contributed by atoms with Crippen molar-refractivity contribution in [3.8, 4) is 0 Å². The quantitative estimate of drug-likeness (QED) is 0.208. The monoisotopic (exact) mass is 612 g/mol. The van der Waals surface area contributed by atoms with Gasteiger partial charge in [-0.05, 0) is 72.6 Å². The highest BCUT2D eigenvalue weighted by Crippen LogP contribution is 2.51. The van der Waals surface area contributed by atoms with Gasteiger partial charge in [0.1, 0.15) is 11.2 Å². The Labute approximate surface area is 274 Å². The Morgan fingerprint density at radius 1 is 0.457 bits per heavy atom. The average Bonchev–Trinajstić information content (AvgIpc) is 3.91. The molecule has 4 heteroatoms. The summed E-state index contributed by atoms with van der Waals surface area (Å²) in [5.41, 5.74) is 1.73. The van der Waals surface area contributed by atoms with Crippen LogP contribution in [0.5, 0.6) is 0 Å². The van der Waals surface area contributed by atoms with E-state index in [9.17, 15) is 10.2 Å². The predicted octanol–water partition coefficient (Wildman–Crippen LogP) is 7.34. The van der Waals surface area contributed by atoms with Crippen LogP contribution in [0, 0.1) is 11.8 Å². The second-order valence-electron chi connectivity index (χ2n) is 14.5. The van der Waals surface area contributed by atoms with Crippen molar-refractivity contribution in [1.29, 1.82) is 0 Å². The number of hydrogen-bond acceptors (Lipinski definition) is 4. The SMILES string of the molecule is OC(c1ccccc1)(c1ccccc1)[C@H]1C[C@H]2CCC[C@H]2N1CCN1[C@@H]2CCC[C@@H]2C[C@@H]1C(O)(c1ccccc1)c1ccccc1. The second kappa shape index (κ2) is 12.4. The Bertz CT molecular complexity index is 1380. The van der Waals surface area contributed by atoms with E-state index in [0.717, 1.165) is 48.2 Å². The van der Waals surface area contributed by atoms with Gasteiger partial charge in [-0.3, -0.25) is 9.80 Å². The molecule has 0 unspecified atom stereocenters. The molecule has 2 aliphatic carbocycles. The molecule has 8 rings (SSSR count). The lowest BCUT2D eigenvalue weighted by molar-refractivity contribution is -0.0357. The highest BCUT2D eigenvalue weighted by atomic mass is 16.3. The van der Waals surface area contributed by atoms with Gasteiger partial charge in [-0.15, -0.1) is 0 Å². The fourth-order valence-corrected chi connectivity index (χ4v) is 10.3. The Hall–Kier alpha value is -3.28. The summed E-state index contributed by atoms with van der Waals surface area (Å²) < 4.78 is 0. The molecule has 2 saturated heterocycles. The van der Waals surface area contributed by atoms with E-state index in [-0.39, 0.29) is 12.1 Å². The summed E-state index contributed by atoms with van der Waals surface area (Å²) >= 11 is 0. The van der Waals surface area contributed by atoms with Gasteiger partial charge in [-0.1, -0.05) is 134 Å². The van der Waals surface area contributed by atoms with Gasteiger partial charge in [0.15, 0.2) is 0 Å². The van der Waals surface area contributed by atoms with E-state index in [1.807, 2.05) is 24.3 Å². The lowest BCUT2D eigenvalue weighted by Gasteiger charge is -2.45. The van der Waals surface area contributed by atoms with Crippen molar-refractivity contribution in [2.75, 3.05) is 13.1 Å². The van der Waals surface area contributed by atoms with Crippen molar-refractivity contribution >= 4 is 0 Å². The predicted molar refractivity (Wildman–Crippen MR) is 184 cm³/mol. The summed E-state index contributed by atoms with van der Waals surface area (Å²) in [4.78, 5) is 5.42. The van der Waals surface area contributed by atoms with Gasteiger partial charge in [0.05, 0.1) is 0 Å². The lowest BCUT2D eigenvalue weighted by atomic mass is 9.78. The Kier molecular flexibility index (Phi) is 8.10. The van der Waals surface area contributed by atoms with Gasteiger partial charge in [0.25, 0.3) is 0 Å². The van der Waals surface area contributed by atoms with Crippen molar-refractivity contribution in [2.45, 2.75) is 86.7 Å². The van der Waals surface area contributed by atoms with Crippen molar-refractivity contribution in [1.82, 2.24) is 9.80 Å². The van der Waals surface area contributed by atoms with E-state index < -0.39 is 11.2 Å². The Morgan fingerprint density at radius 2 is 0.761 bits per heavy atom. The summed E-state index contributed by atoms with van der Waals surface area (Å²) in [5.74, 6) is 1.23. The van der Waals surface area contributed by atoms with Crippen LogP contribution in [0.2, 0.25) is 0 Å². The van der Waals surface area contributed by atoms with Gasteiger partial charge in [-0.2, -0.15) is 0 Å². The number of nitrogens with zero attached hydrogens (tertiary/aromatic N) is 2. The molecule has 4 fully saturated rings. The van der Waals surface area contributed by atoms with Crippen molar-refractivity contribution in [3.05, 3.63) is 144 Å². The number of fused-ring (bicyclic) bond motifs is 2. The fraction of sp³-hybridized carbons (Fsp3) is 0.429. The topological polar surface area (TPSA) is 46.9 Å². The highest BCUT2D eigenvalue weighted by Gasteiger charge is 2.56. The maximum absolute atomic E-state index is 13.0. The third kappa shape index (κ3) is 4.97. The van der Waals surface area contributed by atoms with Crippen molar-refractivity contribution < 1.29 is 10.2 Å². The minimum absolute atomic E-state index is 0.00448. The van der Waals surface area contributed by atoms with Gasteiger partial charge in [0.2, 0.25) is 0 Å². The standard InChI is InChI=1S/C42H48N2O2/c45-41(33-17-5-1-6-18-33,34-19-7-2-8-20-34)39-29-31-15-13-25-37(31)43(39)27-28-44-38-26-14-16-32(38)30-40(44)42(46,35-21-9-3-10-22-35)36-23-11-4-12-24-36/h1-12,17-24,31-32,37-40,45-46H,13-16,25-30H2/t31-,32-,37-,38-,39-,40-/m1/s1. The van der Waals surface area contributed by atoms with E-state index >= 15 is 0 Å². The number of benzene rings is 4. The molecule has 0 spiro atoms. The smallest absolute Gasteiger partial charge is 0.130 e. The maximum Gasteiger partial charge on any atom is 0.130 e. The number of likely N-dealkylation sites (tertiary alicyclic amines) is 2. The van der Waals surface area contributed by atoms with Gasteiger partial charge in [0, 0.05) is 37.3 Å². The normalized spacial score (nSPS) is 28.4. The zero-order chi connectivity index (χ0) is 31.1. The van der Waals surface area contributed by atoms with E-state index in [1.165, 1.54) is 38.5 Å². The number of hydrogen-bond donors (Lipinski definition) is 2. The Morgan fingerprint density at radius 3 is 1.07 bits per heavy atom. The van der Waals surface area contributed by atoms with Crippen LogP contribution < -0.4 is 0 Å². The first-order chi connectivity index (χ1) is 22.6. The lowest BCUT2D eigenvalue weighted by Crippen LogP contribution is -2.55. The summed E-state index contributed by atoms with van der Waals surface area (Å²) in [6.45, 7) is 1.79. The molecule has 0 amide bonds. The minimum atomic E-state index is -1.10. The minimum Gasteiger partial charge on any atom is -0.379 e. The van der Waals surface area contributed by atoms with Crippen LogP contribution in [-0.2, 0) is 11.2 Å². The molecular formula is C42H48N2O2. The molecule has 0 aromatic heterocycles. The van der Waals surface area contributed by atoms with E-state index in [1.54, 1.807) is 0 Å². The summed E-state index contributed by atoms with van der Waals surface area (Å²) in [5, 5.41) is 26.0. The molecule has 4 aromatic carbocycles. The summed E-state index contributed by atoms with van der Waals surface area (Å²) in [7, 11) is 0. The van der Waals surface area contributed by atoms with Crippen molar-refractivity contribution in [3.63, 3.8) is 0 Å². The van der Waals surface area contributed by atoms with Crippen LogP contribution in [0.3, 0.4) is 0 Å². The molecule has 238 valence electrons. The van der Waals surface area contributed by atoms with Crippen LogP contribution >= 0.6 is 0 Å². The molecule has 0 radical (unpaired) electrons. The molecule has 2 saturated carbocycles. The summed E-state index contributed by atoms with van der Waals surface area (Å²) in [6.07, 6.45) is 9.46. The molecular weight excluding hydrogens is 564 g/mol. The van der Waals surface area contributed by atoms with E-state index in [0.29, 0.717) is 23.9 Å². The highest BCUT2D eigenvalue weighted by molar-refractivity contribution is 5.40. The first kappa shape index (κ1) is 30.1. The number of aliphatic hydroxyl groups is 2.